The molecule has 1 atom stereocenters. The van der Waals surface area contributed by atoms with Gasteiger partial charge in [0.15, 0.2) is 5.13 Å². The molecule has 1 saturated heterocycles. The quantitative estimate of drug-likeness (QED) is 0.909. The number of carbonyl (C=O) groups excluding carboxylic acids is 2. The van der Waals surface area contributed by atoms with Crippen molar-refractivity contribution < 1.29 is 9.59 Å². The number of hydrogen-bond acceptors (Lipinski definition) is 4. The van der Waals surface area contributed by atoms with E-state index in [0.717, 1.165) is 19.3 Å². The lowest BCUT2D eigenvalue weighted by Crippen LogP contribution is -2.45. The van der Waals surface area contributed by atoms with Crippen LogP contribution in [-0.4, -0.2) is 34.3 Å². The van der Waals surface area contributed by atoms with Crippen molar-refractivity contribution in [2.45, 2.75) is 38.6 Å². The molecule has 0 spiro atoms. The normalized spacial score (nSPS) is 18.3. The fourth-order valence-corrected chi connectivity index (χ4v) is 2.58. The molecular weight excluding hydrogens is 250 g/mol. The highest BCUT2D eigenvalue weighted by atomic mass is 32.1. The number of anilines is 1. The first-order valence-electron chi connectivity index (χ1n) is 6.18. The van der Waals surface area contributed by atoms with Crippen LogP contribution in [0.5, 0.6) is 0 Å². The van der Waals surface area contributed by atoms with Crippen LogP contribution in [0.2, 0.25) is 0 Å². The van der Waals surface area contributed by atoms with Crippen LogP contribution in [0.1, 0.15) is 32.6 Å². The van der Waals surface area contributed by atoms with E-state index in [-0.39, 0.29) is 11.8 Å². The molecule has 0 aromatic carbocycles. The van der Waals surface area contributed by atoms with Gasteiger partial charge in [-0.25, -0.2) is 4.98 Å². The minimum absolute atomic E-state index is 0.0780. The number of carbonyl (C=O) groups is 2. The maximum absolute atomic E-state index is 12.0. The standard InChI is InChI=1S/C12H17N3O2S/c1-9(11(17)14-12-13-6-8-18-12)15-7-4-2-3-5-10(15)16/h6,8-9H,2-5,7H2,1H3,(H,13,14,17)/t9-/m0/s1. The van der Waals surface area contributed by atoms with Gasteiger partial charge in [-0.3, -0.25) is 9.59 Å². The molecule has 0 unspecified atom stereocenters. The van der Waals surface area contributed by atoms with Crippen molar-refractivity contribution in [3.05, 3.63) is 11.6 Å². The summed E-state index contributed by atoms with van der Waals surface area (Å²) in [6.07, 6.45) is 5.15. The lowest BCUT2D eigenvalue weighted by Gasteiger charge is -2.26. The molecule has 2 rings (SSSR count). The first-order chi connectivity index (χ1) is 8.68. The van der Waals surface area contributed by atoms with Gasteiger partial charge in [0.1, 0.15) is 6.04 Å². The molecule has 0 saturated carbocycles. The van der Waals surface area contributed by atoms with Gasteiger partial charge in [-0.05, 0) is 19.8 Å². The summed E-state index contributed by atoms with van der Waals surface area (Å²) < 4.78 is 0. The minimum Gasteiger partial charge on any atom is -0.331 e. The number of nitrogens with one attached hydrogen (secondary N) is 1. The fraction of sp³-hybridized carbons (Fsp3) is 0.583. The van der Waals surface area contributed by atoms with Crippen LogP contribution in [0, 0.1) is 0 Å². The van der Waals surface area contributed by atoms with E-state index in [2.05, 4.69) is 10.3 Å². The molecule has 0 radical (unpaired) electrons. The van der Waals surface area contributed by atoms with Crippen molar-refractivity contribution in [1.82, 2.24) is 9.88 Å². The van der Waals surface area contributed by atoms with Gasteiger partial charge in [0.25, 0.3) is 0 Å². The lowest BCUT2D eigenvalue weighted by molar-refractivity contribution is -0.137. The predicted molar refractivity (Wildman–Crippen MR) is 70.4 cm³/mol. The van der Waals surface area contributed by atoms with Crippen LogP contribution >= 0.6 is 11.3 Å². The largest absolute Gasteiger partial charge is 0.331 e. The van der Waals surface area contributed by atoms with Crippen molar-refractivity contribution in [1.29, 1.82) is 0 Å². The first-order valence-corrected chi connectivity index (χ1v) is 7.06. The third kappa shape index (κ3) is 3.07. The van der Waals surface area contributed by atoms with Crippen LogP contribution in [0.25, 0.3) is 0 Å². The topological polar surface area (TPSA) is 62.3 Å². The number of nitrogens with zero attached hydrogens (tertiary/aromatic N) is 2. The highest BCUT2D eigenvalue weighted by molar-refractivity contribution is 7.13. The minimum atomic E-state index is -0.431. The average Bonchev–Trinajstić information content (AvgIpc) is 2.76. The van der Waals surface area contributed by atoms with E-state index in [9.17, 15) is 9.59 Å². The summed E-state index contributed by atoms with van der Waals surface area (Å²) in [4.78, 5) is 29.6. The summed E-state index contributed by atoms with van der Waals surface area (Å²) in [5.41, 5.74) is 0. The molecule has 18 heavy (non-hydrogen) atoms. The molecular formula is C12H17N3O2S. The summed E-state index contributed by atoms with van der Waals surface area (Å²) in [5.74, 6) is -0.0884. The summed E-state index contributed by atoms with van der Waals surface area (Å²) in [7, 11) is 0. The van der Waals surface area contributed by atoms with Gasteiger partial charge in [0.2, 0.25) is 11.8 Å². The van der Waals surface area contributed by atoms with Gasteiger partial charge in [-0.1, -0.05) is 6.42 Å². The smallest absolute Gasteiger partial charge is 0.248 e. The molecule has 0 bridgehead atoms. The van der Waals surface area contributed by atoms with Crippen molar-refractivity contribution in [3.63, 3.8) is 0 Å². The maximum atomic E-state index is 12.0. The van der Waals surface area contributed by atoms with Gasteiger partial charge < -0.3 is 10.2 Å². The number of thiazole rings is 1. The van der Waals surface area contributed by atoms with E-state index in [1.165, 1.54) is 11.3 Å². The van der Waals surface area contributed by atoms with Gasteiger partial charge in [0.05, 0.1) is 0 Å². The zero-order chi connectivity index (χ0) is 13.0. The van der Waals surface area contributed by atoms with Crippen molar-refractivity contribution >= 4 is 28.3 Å². The van der Waals surface area contributed by atoms with E-state index in [0.29, 0.717) is 18.1 Å². The van der Waals surface area contributed by atoms with Crippen LogP contribution in [0.15, 0.2) is 11.6 Å². The monoisotopic (exact) mass is 267 g/mol. The summed E-state index contributed by atoms with van der Waals surface area (Å²) in [6, 6.07) is -0.431. The Labute approximate surface area is 110 Å². The SMILES string of the molecule is C[C@@H](C(=O)Nc1nccs1)N1CCCCCC1=O. The number of hydrogen-bond donors (Lipinski definition) is 1. The van der Waals surface area contributed by atoms with Crippen molar-refractivity contribution in [2.24, 2.45) is 0 Å². The lowest BCUT2D eigenvalue weighted by atomic mass is 10.2. The zero-order valence-corrected chi connectivity index (χ0v) is 11.2. The average molecular weight is 267 g/mol. The Balaban J connectivity index is 1.98. The van der Waals surface area contributed by atoms with Crippen molar-refractivity contribution in [2.75, 3.05) is 11.9 Å². The maximum Gasteiger partial charge on any atom is 0.248 e. The molecule has 1 aliphatic rings. The predicted octanol–water partition coefficient (Wildman–Crippen LogP) is 1.87. The summed E-state index contributed by atoms with van der Waals surface area (Å²) in [5, 5.41) is 5.12. The van der Waals surface area contributed by atoms with E-state index < -0.39 is 6.04 Å². The molecule has 6 heteroatoms. The Morgan fingerprint density at radius 1 is 1.50 bits per heavy atom. The molecule has 1 N–H and O–H groups in total. The van der Waals surface area contributed by atoms with Crippen LogP contribution < -0.4 is 5.32 Å². The molecule has 5 nitrogen and oxygen atoms in total. The molecule has 98 valence electrons. The Bertz CT molecular complexity index is 419. The third-order valence-corrected chi connectivity index (χ3v) is 3.81. The number of likely N-dealkylation sites (tertiary alicyclic amines) is 1. The second-order valence-electron chi connectivity index (χ2n) is 4.40. The third-order valence-electron chi connectivity index (χ3n) is 3.12. The Morgan fingerprint density at radius 3 is 3.06 bits per heavy atom. The number of rotatable bonds is 3. The Hall–Kier alpha value is -1.43. The molecule has 2 heterocycles. The Morgan fingerprint density at radius 2 is 2.33 bits per heavy atom. The highest BCUT2D eigenvalue weighted by Crippen LogP contribution is 2.16. The number of aromatic nitrogens is 1. The van der Waals surface area contributed by atoms with E-state index >= 15 is 0 Å². The van der Waals surface area contributed by atoms with Crippen LogP contribution in [0.3, 0.4) is 0 Å². The van der Waals surface area contributed by atoms with E-state index in [1.54, 1.807) is 23.4 Å². The second kappa shape index (κ2) is 5.95. The van der Waals surface area contributed by atoms with Crippen molar-refractivity contribution in [3.8, 4) is 0 Å². The van der Waals surface area contributed by atoms with E-state index in [1.807, 2.05) is 0 Å². The first kappa shape index (κ1) is 13.0. The van der Waals surface area contributed by atoms with Gasteiger partial charge >= 0.3 is 0 Å². The molecule has 2 amide bonds. The second-order valence-corrected chi connectivity index (χ2v) is 5.29. The van der Waals surface area contributed by atoms with Gasteiger partial charge in [-0.2, -0.15) is 0 Å². The van der Waals surface area contributed by atoms with Crippen LogP contribution in [-0.2, 0) is 9.59 Å². The van der Waals surface area contributed by atoms with Gasteiger partial charge in [0, 0.05) is 24.5 Å². The molecule has 0 aliphatic carbocycles. The van der Waals surface area contributed by atoms with Gasteiger partial charge in [-0.15, -0.1) is 11.3 Å². The van der Waals surface area contributed by atoms with Crippen LogP contribution in [0.4, 0.5) is 5.13 Å². The molecule has 1 fully saturated rings. The molecule has 1 aromatic rings. The molecule has 1 aromatic heterocycles. The Kier molecular flexibility index (Phi) is 4.30. The molecule has 1 aliphatic heterocycles. The zero-order valence-electron chi connectivity index (χ0n) is 10.4. The summed E-state index contributed by atoms with van der Waals surface area (Å²) >= 11 is 1.37. The van der Waals surface area contributed by atoms with E-state index in [4.69, 9.17) is 0 Å². The number of amides is 2. The summed E-state index contributed by atoms with van der Waals surface area (Å²) in [6.45, 7) is 2.44. The highest BCUT2D eigenvalue weighted by Gasteiger charge is 2.26. The fourth-order valence-electron chi connectivity index (χ4n) is 2.05.